The largest absolute Gasteiger partial charge is 0.303 e. The summed E-state index contributed by atoms with van der Waals surface area (Å²) in [6.07, 6.45) is 1.00. The highest BCUT2D eigenvalue weighted by Crippen LogP contribution is 2.32. The van der Waals surface area contributed by atoms with Gasteiger partial charge in [0.05, 0.1) is 16.5 Å². The zero-order valence-corrected chi connectivity index (χ0v) is 8.76. The Hall–Kier alpha value is -1.56. The molecule has 78 valence electrons. The van der Waals surface area contributed by atoms with Gasteiger partial charge in [0.25, 0.3) is 0 Å². The molecule has 1 N–H and O–H groups in total. The van der Waals surface area contributed by atoms with E-state index in [1.54, 1.807) is 0 Å². The number of anilines is 1. The Labute approximate surface area is 89.5 Å². The zero-order valence-electron chi connectivity index (χ0n) is 7.94. The molecule has 0 aromatic carbocycles. The van der Waals surface area contributed by atoms with Crippen LogP contribution >= 0.6 is 11.3 Å². The second kappa shape index (κ2) is 3.54. The van der Waals surface area contributed by atoms with Crippen LogP contribution < -0.4 is 5.32 Å². The molecule has 1 unspecified atom stereocenters. The Morgan fingerprint density at radius 2 is 2.40 bits per heavy atom. The molecule has 0 bridgehead atoms. The van der Waals surface area contributed by atoms with E-state index in [0.717, 1.165) is 11.3 Å². The van der Waals surface area contributed by atoms with E-state index in [1.807, 2.05) is 0 Å². The number of aldehydes is 1. The third-order valence-corrected chi connectivity index (χ3v) is 3.15. The SMILES string of the molecule is CC(=O)Nc1nc2c(s1)C(=O)C(C=O)C2. The first kappa shape index (κ1) is 9.97. The minimum absolute atomic E-state index is 0.186. The first-order valence-corrected chi connectivity index (χ1v) is 5.20. The Balaban J connectivity index is 2.27. The van der Waals surface area contributed by atoms with E-state index in [4.69, 9.17) is 0 Å². The quantitative estimate of drug-likeness (QED) is 0.591. The standard InChI is InChI=1S/C9H8N2O3S/c1-4(13)10-9-11-6-2-5(3-12)7(14)8(6)15-9/h3,5H,2H2,1H3,(H,10,11,13). The maximum Gasteiger partial charge on any atom is 0.223 e. The van der Waals surface area contributed by atoms with Crippen molar-refractivity contribution in [3.63, 3.8) is 0 Å². The molecule has 0 saturated heterocycles. The average molecular weight is 224 g/mol. The van der Waals surface area contributed by atoms with Crippen LogP contribution in [0.15, 0.2) is 0 Å². The molecule has 0 saturated carbocycles. The topological polar surface area (TPSA) is 76.1 Å². The number of fused-ring (bicyclic) bond motifs is 1. The van der Waals surface area contributed by atoms with Crippen LogP contribution in [0.2, 0.25) is 0 Å². The van der Waals surface area contributed by atoms with Crippen molar-refractivity contribution in [3.05, 3.63) is 10.6 Å². The van der Waals surface area contributed by atoms with Gasteiger partial charge in [0.15, 0.2) is 10.9 Å². The molecule has 2 rings (SSSR count). The van der Waals surface area contributed by atoms with Gasteiger partial charge in [-0.25, -0.2) is 4.98 Å². The minimum atomic E-state index is -0.579. The second-order valence-corrected chi connectivity index (χ2v) is 4.29. The second-order valence-electron chi connectivity index (χ2n) is 3.29. The first-order chi connectivity index (χ1) is 7.11. The predicted molar refractivity (Wildman–Crippen MR) is 54.0 cm³/mol. The number of rotatable bonds is 2. The van der Waals surface area contributed by atoms with Crippen molar-refractivity contribution in [1.82, 2.24) is 4.98 Å². The van der Waals surface area contributed by atoms with Crippen LogP contribution in [-0.2, 0) is 16.0 Å². The van der Waals surface area contributed by atoms with Crippen LogP contribution in [-0.4, -0.2) is 23.0 Å². The minimum Gasteiger partial charge on any atom is -0.303 e. The van der Waals surface area contributed by atoms with E-state index in [9.17, 15) is 14.4 Å². The fourth-order valence-electron chi connectivity index (χ4n) is 1.47. The highest BCUT2D eigenvalue weighted by atomic mass is 32.1. The fourth-order valence-corrected chi connectivity index (χ4v) is 2.51. The molecule has 1 atom stereocenters. The Bertz CT molecular complexity index is 452. The number of ketones is 1. The van der Waals surface area contributed by atoms with Gasteiger partial charge in [-0.15, -0.1) is 0 Å². The maximum absolute atomic E-state index is 11.6. The zero-order chi connectivity index (χ0) is 11.0. The molecule has 0 aliphatic heterocycles. The van der Waals surface area contributed by atoms with Crippen LogP contribution in [0.25, 0.3) is 0 Å². The number of thiazole rings is 1. The van der Waals surface area contributed by atoms with E-state index >= 15 is 0 Å². The highest BCUT2D eigenvalue weighted by molar-refractivity contribution is 7.18. The molecule has 0 radical (unpaired) electrons. The molecule has 1 aliphatic rings. The highest BCUT2D eigenvalue weighted by Gasteiger charge is 2.34. The summed E-state index contributed by atoms with van der Waals surface area (Å²) >= 11 is 1.13. The summed E-state index contributed by atoms with van der Waals surface area (Å²) in [5.74, 6) is -0.985. The van der Waals surface area contributed by atoms with Crippen LogP contribution in [0.3, 0.4) is 0 Å². The van der Waals surface area contributed by atoms with Gasteiger partial charge in [-0.1, -0.05) is 11.3 Å². The Morgan fingerprint density at radius 3 is 2.93 bits per heavy atom. The molecule has 0 spiro atoms. The van der Waals surface area contributed by atoms with Crippen molar-refractivity contribution in [2.75, 3.05) is 5.32 Å². The van der Waals surface area contributed by atoms with Crippen LogP contribution in [0.4, 0.5) is 5.13 Å². The van der Waals surface area contributed by atoms with E-state index in [1.165, 1.54) is 6.92 Å². The summed E-state index contributed by atoms with van der Waals surface area (Å²) in [6, 6.07) is 0. The van der Waals surface area contributed by atoms with Crippen molar-refractivity contribution >= 4 is 34.4 Å². The number of hydrogen-bond acceptors (Lipinski definition) is 5. The number of aromatic nitrogens is 1. The number of nitrogens with one attached hydrogen (secondary N) is 1. The smallest absolute Gasteiger partial charge is 0.223 e. The predicted octanol–water partition coefficient (Wildman–Crippen LogP) is 0.655. The summed E-state index contributed by atoms with van der Waals surface area (Å²) < 4.78 is 0. The average Bonchev–Trinajstić information content (AvgIpc) is 2.65. The van der Waals surface area contributed by atoms with Crippen molar-refractivity contribution in [2.45, 2.75) is 13.3 Å². The van der Waals surface area contributed by atoms with Gasteiger partial charge >= 0.3 is 0 Å². The summed E-state index contributed by atoms with van der Waals surface area (Å²) in [4.78, 5) is 37.4. The first-order valence-electron chi connectivity index (χ1n) is 4.38. The van der Waals surface area contributed by atoms with Gasteiger partial charge in [0, 0.05) is 13.3 Å². The van der Waals surface area contributed by atoms with Crippen molar-refractivity contribution < 1.29 is 14.4 Å². The van der Waals surface area contributed by atoms with Crippen molar-refractivity contribution in [3.8, 4) is 0 Å². The molecule has 1 amide bonds. The number of carbonyl (C=O) groups excluding carboxylic acids is 3. The normalized spacial score (nSPS) is 18.7. The van der Waals surface area contributed by atoms with Crippen LogP contribution in [0.1, 0.15) is 22.3 Å². The van der Waals surface area contributed by atoms with E-state index in [-0.39, 0.29) is 11.7 Å². The molecule has 1 heterocycles. The molecular formula is C9H8N2O3S. The van der Waals surface area contributed by atoms with Gasteiger partial charge in [-0.3, -0.25) is 9.59 Å². The summed E-state index contributed by atoms with van der Waals surface area (Å²) in [5.41, 5.74) is 0.617. The van der Waals surface area contributed by atoms with Gasteiger partial charge in [0.2, 0.25) is 5.91 Å². The number of Topliss-reactive ketones (excluding diaryl/α,β-unsaturated/α-hetero) is 1. The number of hydrogen-bond donors (Lipinski definition) is 1. The molecule has 5 nitrogen and oxygen atoms in total. The van der Waals surface area contributed by atoms with Crippen molar-refractivity contribution in [2.24, 2.45) is 5.92 Å². The van der Waals surface area contributed by atoms with E-state index in [2.05, 4.69) is 10.3 Å². The molecule has 0 fully saturated rings. The third kappa shape index (κ3) is 1.68. The van der Waals surface area contributed by atoms with Gasteiger partial charge in [-0.05, 0) is 0 Å². The van der Waals surface area contributed by atoms with Crippen LogP contribution in [0.5, 0.6) is 0 Å². The van der Waals surface area contributed by atoms with Gasteiger partial charge in [-0.2, -0.15) is 0 Å². The summed E-state index contributed by atoms with van der Waals surface area (Å²) in [7, 11) is 0. The number of amides is 1. The summed E-state index contributed by atoms with van der Waals surface area (Å²) in [6.45, 7) is 1.38. The molecular weight excluding hydrogens is 216 g/mol. The lowest BCUT2D eigenvalue weighted by atomic mass is 10.1. The molecule has 6 heteroatoms. The number of carbonyl (C=O) groups is 3. The fraction of sp³-hybridized carbons (Fsp3) is 0.333. The Kier molecular flexibility index (Phi) is 2.36. The van der Waals surface area contributed by atoms with Crippen molar-refractivity contribution in [1.29, 1.82) is 0 Å². The summed E-state index contributed by atoms with van der Waals surface area (Å²) in [5, 5.41) is 2.94. The van der Waals surface area contributed by atoms with E-state index in [0.29, 0.717) is 28.4 Å². The lowest BCUT2D eigenvalue weighted by molar-refractivity contribution is -0.114. The maximum atomic E-state index is 11.6. The lowest BCUT2D eigenvalue weighted by Crippen LogP contribution is -2.10. The third-order valence-electron chi connectivity index (χ3n) is 2.12. The molecule has 15 heavy (non-hydrogen) atoms. The van der Waals surface area contributed by atoms with Gasteiger partial charge in [0.1, 0.15) is 6.29 Å². The Morgan fingerprint density at radius 1 is 1.67 bits per heavy atom. The van der Waals surface area contributed by atoms with E-state index < -0.39 is 5.92 Å². The molecule has 1 aromatic rings. The monoisotopic (exact) mass is 224 g/mol. The van der Waals surface area contributed by atoms with Gasteiger partial charge < -0.3 is 10.1 Å². The molecule has 1 aromatic heterocycles. The lowest BCUT2D eigenvalue weighted by Gasteiger charge is -1.97. The number of nitrogens with zero attached hydrogens (tertiary/aromatic N) is 1. The molecule has 1 aliphatic carbocycles. The van der Waals surface area contributed by atoms with Crippen LogP contribution in [0, 0.1) is 5.92 Å².